The molecule has 0 fully saturated rings. The van der Waals surface area contributed by atoms with Gasteiger partial charge in [0, 0.05) is 45.3 Å². The highest BCUT2D eigenvalue weighted by Crippen LogP contribution is 2.18. The number of benzene rings is 1. The number of rotatable bonds is 8. The van der Waals surface area contributed by atoms with Crippen molar-refractivity contribution in [3.8, 4) is 0 Å². The SMILES string of the molecule is CN=C(NCCCN(C(C)C)C(C)C)NCC(=O)N1CCc2ccccc2C1.I. The molecule has 1 amide bonds. The highest BCUT2D eigenvalue weighted by atomic mass is 127. The summed E-state index contributed by atoms with van der Waals surface area (Å²) in [5, 5.41) is 6.48. The molecule has 6 nitrogen and oxygen atoms in total. The molecule has 1 aromatic carbocycles. The Balaban J connectivity index is 0.00000420. The van der Waals surface area contributed by atoms with Crippen LogP contribution < -0.4 is 10.6 Å². The fourth-order valence-corrected chi connectivity index (χ4v) is 3.78. The molecule has 1 heterocycles. The molecule has 0 radical (unpaired) electrons. The quantitative estimate of drug-likeness (QED) is 0.242. The van der Waals surface area contributed by atoms with Crippen molar-refractivity contribution in [2.75, 3.05) is 33.2 Å². The maximum absolute atomic E-state index is 12.6. The summed E-state index contributed by atoms with van der Waals surface area (Å²) in [6.07, 6.45) is 1.96. The van der Waals surface area contributed by atoms with Gasteiger partial charge in [0.05, 0.1) is 6.54 Å². The fourth-order valence-electron chi connectivity index (χ4n) is 3.78. The molecule has 0 spiro atoms. The van der Waals surface area contributed by atoms with Gasteiger partial charge in [-0.3, -0.25) is 14.7 Å². The smallest absolute Gasteiger partial charge is 0.242 e. The lowest BCUT2D eigenvalue weighted by Crippen LogP contribution is -2.46. The standard InChI is InChI=1S/C22H37N5O.HI/c1-17(2)27(18(3)4)13-8-12-24-22(23-5)25-15-21(28)26-14-11-19-9-6-7-10-20(19)16-26;/h6-7,9-10,17-18H,8,11-16H2,1-5H3,(H2,23,24,25);1H. The molecule has 2 N–H and O–H groups in total. The van der Waals surface area contributed by atoms with E-state index in [-0.39, 0.29) is 36.4 Å². The summed E-state index contributed by atoms with van der Waals surface area (Å²) in [4.78, 5) is 21.2. The third kappa shape index (κ3) is 8.12. The number of hydrogen-bond acceptors (Lipinski definition) is 3. The fraction of sp³-hybridized carbons (Fsp3) is 0.636. The van der Waals surface area contributed by atoms with E-state index in [1.165, 1.54) is 11.1 Å². The van der Waals surface area contributed by atoms with Crippen LogP contribution in [0, 0.1) is 0 Å². The second kappa shape index (κ2) is 13.1. The monoisotopic (exact) mass is 515 g/mol. The lowest BCUT2D eigenvalue weighted by Gasteiger charge is -2.30. The third-order valence-electron chi connectivity index (χ3n) is 5.33. The van der Waals surface area contributed by atoms with Crippen LogP contribution in [-0.2, 0) is 17.8 Å². The van der Waals surface area contributed by atoms with E-state index in [1.807, 2.05) is 11.0 Å². The first-order valence-corrected chi connectivity index (χ1v) is 10.5. The van der Waals surface area contributed by atoms with E-state index in [1.54, 1.807) is 7.05 Å². The summed E-state index contributed by atoms with van der Waals surface area (Å²) in [5.41, 5.74) is 2.61. The van der Waals surface area contributed by atoms with Crippen LogP contribution in [0.1, 0.15) is 45.2 Å². The summed E-state index contributed by atoms with van der Waals surface area (Å²) in [5.74, 6) is 0.801. The van der Waals surface area contributed by atoms with Gasteiger partial charge in [0.1, 0.15) is 0 Å². The molecule has 2 rings (SSSR count). The molecule has 164 valence electrons. The number of halogens is 1. The Morgan fingerprint density at radius 3 is 2.41 bits per heavy atom. The second-order valence-corrected chi connectivity index (χ2v) is 7.97. The molecular weight excluding hydrogens is 477 g/mol. The lowest BCUT2D eigenvalue weighted by molar-refractivity contribution is -0.130. The van der Waals surface area contributed by atoms with Crippen molar-refractivity contribution in [3.05, 3.63) is 35.4 Å². The van der Waals surface area contributed by atoms with Gasteiger partial charge in [0.15, 0.2) is 5.96 Å². The van der Waals surface area contributed by atoms with Gasteiger partial charge in [-0.25, -0.2) is 0 Å². The van der Waals surface area contributed by atoms with E-state index in [9.17, 15) is 4.79 Å². The van der Waals surface area contributed by atoms with Crippen molar-refractivity contribution in [3.63, 3.8) is 0 Å². The van der Waals surface area contributed by atoms with Crippen LogP contribution >= 0.6 is 24.0 Å². The number of guanidine groups is 1. The van der Waals surface area contributed by atoms with Gasteiger partial charge in [-0.1, -0.05) is 24.3 Å². The molecule has 0 saturated carbocycles. The predicted octanol–water partition coefficient (Wildman–Crippen LogP) is 2.86. The molecule has 0 atom stereocenters. The summed E-state index contributed by atoms with van der Waals surface area (Å²) in [6, 6.07) is 9.46. The number of amides is 1. The molecule has 1 aliphatic heterocycles. The summed E-state index contributed by atoms with van der Waals surface area (Å²) < 4.78 is 0. The number of carbonyl (C=O) groups is 1. The van der Waals surface area contributed by atoms with Gasteiger partial charge < -0.3 is 15.5 Å². The zero-order chi connectivity index (χ0) is 20.5. The van der Waals surface area contributed by atoms with Crippen LogP contribution in [0.2, 0.25) is 0 Å². The minimum atomic E-state index is 0. The number of aliphatic imine (C=N–C) groups is 1. The van der Waals surface area contributed by atoms with E-state index in [0.717, 1.165) is 32.5 Å². The van der Waals surface area contributed by atoms with Gasteiger partial charge >= 0.3 is 0 Å². The summed E-state index contributed by atoms with van der Waals surface area (Å²) in [7, 11) is 1.74. The Kier molecular flexibility index (Phi) is 11.6. The van der Waals surface area contributed by atoms with Crippen molar-refractivity contribution in [2.45, 2.75) is 59.2 Å². The number of nitrogens with zero attached hydrogens (tertiary/aromatic N) is 3. The number of carbonyl (C=O) groups excluding carboxylic acids is 1. The van der Waals surface area contributed by atoms with Crippen molar-refractivity contribution in [1.29, 1.82) is 0 Å². The van der Waals surface area contributed by atoms with Gasteiger partial charge in [-0.2, -0.15) is 0 Å². The average molecular weight is 515 g/mol. The zero-order valence-corrected chi connectivity index (χ0v) is 20.9. The second-order valence-electron chi connectivity index (χ2n) is 7.97. The Labute approximate surface area is 193 Å². The molecule has 0 bridgehead atoms. The number of nitrogens with one attached hydrogen (secondary N) is 2. The largest absolute Gasteiger partial charge is 0.356 e. The highest BCUT2D eigenvalue weighted by Gasteiger charge is 2.20. The Bertz CT molecular complexity index is 654. The first kappa shape index (κ1) is 25.7. The molecule has 29 heavy (non-hydrogen) atoms. The average Bonchev–Trinajstić information content (AvgIpc) is 2.68. The Morgan fingerprint density at radius 2 is 1.79 bits per heavy atom. The Hall–Kier alpha value is -1.35. The topological polar surface area (TPSA) is 60.0 Å². The molecular formula is C22H38IN5O. The van der Waals surface area contributed by atoms with Gasteiger partial charge in [0.2, 0.25) is 5.91 Å². The van der Waals surface area contributed by atoms with Crippen LogP contribution in [0.4, 0.5) is 0 Å². The minimum Gasteiger partial charge on any atom is -0.356 e. The first-order valence-electron chi connectivity index (χ1n) is 10.5. The van der Waals surface area contributed by atoms with Crippen LogP contribution in [0.3, 0.4) is 0 Å². The summed E-state index contributed by atoms with van der Waals surface area (Å²) >= 11 is 0. The first-order chi connectivity index (χ1) is 13.4. The van der Waals surface area contributed by atoms with E-state index in [2.05, 4.69) is 66.4 Å². The van der Waals surface area contributed by atoms with E-state index < -0.39 is 0 Å². The maximum Gasteiger partial charge on any atom is 0.242 e. The molecule has 1 aliphatic rings. The molecule has 0 saturated heterocycles. The summed E-state index contributed by atoms with van der Waals surface area (Å²) in [6.45, 7) is 12.6. The Morgan fingerprint density at radius 1 is 1.14 bits per heavy atom. The van der Waals surface area contributed by atoms with E-state index >= 15 is 0 Å². The molecule has 0 unspecified atom stereocenters. The minimum absolute atomic E-state index is 0. The number of fused-ring (bicyclic) bond motifs is 1. The zero-order valence-electron chi connectivity index (χ0n) is 18.6. The van der Waals surface area contributed by atoms with E-state index in [0.29, 0.717) is 24.6 Å². The third-order valence-corrected chi connectivity index (χ3v) is 5.33. The van der Waals surface area contributed by atoms with Crippen LogP contribution in [-0.4, -0.2) is 67.0 Å². The molecule has 0 aliphatic carbocycles. The van der Waals surface area contributed by atoms with Crippen LogP contribution in [0.25, 0.3) is 0 Å². The van der Waals surface area contributed by atoms with Gasteiger partial charge in [-0.05, 0) is 51.7 Å². The maximum atomic E-state index is 12.6. The molecule has 0 aromatic heterocycles. The van der Waals surface area contributed by atoms with Crippen molar-refractivity contribution in [2.24, 2.45) is 4.99 Å². The normalized spacial score (nSPS) is 14.1. The number of hydrogen-bond donors (Lipinski definition) is 2. The van der Waals surface area contributed by atoms with Crippen LogP contribution in [0.15, 0.2) is 29.3 Å². The van der Waals surface area contributed by atoms with Crippen molar-refractivity contribution in [1.82, 2.24) is 20.4 Å². The van der Waals surface area contributed by atoms with Gasteiger partial charge in [0.25, 0.3) is 0 Å². The van der Waals surface area contributed by atoms with Crippen LogP contribution in [0.5, 0.6) is 0 Å². The molecule has 7 heteroatoms. The highest BCUT2D eigenvalue weighted by molar-refractivity contribution is 14.0. The lowest BCUT2D eigenvalue weighted by atomic mass is 10.00. The van der Waals surface area contributed by atoms with E-state index in [4.69, 9.17) is 0 Å². The molecule has 1 aromatic rings. The predicted molar refractivity (Wildman–Crippen MR) is 132 cm³/mol. The van der Waals surface area contributed by atoms with Crippen molar-refractivity contribution >= 4 is 35.8 Å². The van der Waals surface area contributed by atoms with Gasteiger partial charge in [-0.15, -0.1) is 24.0 Å². The van der Waals surface area contributed by atoms with Crippen molar-refractivity contribution < 1.29 is 4.79 Å².